The van der Waals surface area contributed by atoms with Gasteiger partial charge < -0.3 is 4.74 Å². The summed E-state index contributed by atoms with van der Waals surface area (Å²) in [6.07, 6.45) is 1.45. The molecule has 0 bridgehead atoms. The average molecular weight is 309 g/mol. The van der Waals surface area contributed by atoms with Crippen LogP contribution in [0.2, 0.25) is 5.02 Å². The molecule has 1 heterocycles. The minimum absolute atomic E-state index is 0.0156. The maximum atomic E-state index is 12.1. The Morgan fingerprint density at radius 3 is 2.81 bits per heavy atom. The molecule has 0 fully saturated rings. The van der Waals surface area contributed by atoms with Crippen LogP contribution in [-0.4, -0.2) is 11.6 Å². The normalized spacial score (nSPS) is 11.1. The second kappa shape index (κ2) is 4.51. The van der Waals surface area contributed by atoms with Crippen molar-refractivity contribution in [2.24, 2.45) is 0 Å². The lowest BCUT2D eigenvalue weighted by molar-refractivity contribution is -0.0489. The number of fused-ring (bicyclic) bond motifs is 1. The van der Waals surface area contributed by atoms with Crippen LogP contribution in [0.25, 0.3) is 10.9 Å². The lowest BCUT2D eigenvalue weighted by atomic mass is 10.2. The van der Waals surface area contributed by atoms with E-state index in [9.17, 15) is 8.78 Å². The van der Waals surface area contributed by atoms with Gasteiger partial charge in [0.15, 0.2) is 5.75 Å². The van der Waals surface area contributed by atoms with Gasteiger partial charge >= 0.3 is 6.61 Å². The number of ether oxygens (including phenoxy) is 1. The Kier molecular flexibility index (Phi) is 3.25. The van der Waals surface area contributed by atoms with Crippen molar-refractivity contribution in [2.45, 2.75) is 6.61 Å². The Hall–Kier alpha value is -0.940. The van der Waals surface area contributed by atoms with Gasteiger partial charge in [-0.15, -0.1) is 0 Å². The monoisotopic (exact) mass is 307 g/mol. The highest BCUT2D eigenvalue weighted by Gasteiger charge is 2.12. The zero-order chi connectivity index (χ0) is 11.7. The molecule has 1 aromatic heterocycles. The van der Waals surface area contributed by atoms with Crippen LogP contribution in [0, 0.1) is 0 Å². The summed E-state index contributed by atoms with van der Waals surface area (Å²) < 4.78 is 29.2. The van der Waals surface area contributed by atoms with E-state index in [2.05, 4.69) is 25.7 Å². The van der Waals surface area contributed by atoms with Crippen molar-refractivity contribution in [3.05, 3.63) is 33.9 Å². The SMILES string of the molecule is FC(F)Oc1cccc2c(Cl)c(Br)cnc12. The molecule has 2 aromatic rings. The summed E-state index contributed by atoms with van der Waals surface area (Å²) in [6.45, 7) is -2.88. The summed E-state index contributed by atoms with van der Waals surface area (Å²) in [5.74, 6) is 0.0156. The molecule has 0 spiro atoms. The van der Waals surface area contributed by atoms with Crippen LogP contribution in [0.5, 0.6) is 5.75 Å². The number of alkyl halides is 2. The Bertz CT molecular complexity index is 535. The van der Waals surface area contributed by atoms with Gasteiger partial charge in [0, 0.05) is 11.6 Å². The Morgan fingerprint density at radius 1 is 1.38 bits per heavy atom. The first-order valence-electron chi connectivity index (χ1n) is 4.27. The predicted octanol–water partition coefficient (Wildman–Crippen LogP) is 4.25. The van der Waals surface area contributed by atoms with Crippen molar-refractivity contribution < 1.29 is 13.5 Å². The third-order valence-corrected chi connectivity index (χ3v) is 3.20. The number of hydrogen-bond donors (Lipinski definition) is 0. The lowest BCUT2D eigenvalue weighted by Gasteiger charge is -2.08. The van der Waals surface area contributed by atoms with Gasteiger partial charge in [-0.1, -0.05) is 23.7 Å². The van der Waals surface area contributed by atoms with E-state index in [-0.39, 0.29) is 5.75 Å². The van der Waals surface area contributed by atoms with Gasteiger partial charge in [0.05, 0.1) is 9.50 Å². The molecule has 2 rings (SSSR count). The minimum Gasteiger partial charge on any atom is -0.432 e. The molecular formula is C10H5BrClF2NO. The smallest absolute Gasteiger partial charge is 0.387 e. The van der Waals surface area contributed by atoms with E-state index in [1.54, 1.807) is 12.1 Å². The van der Waals surface area contributed by atoms with E-state index in [0.717, 1.165) is 0 Å². The van der Waals surface area contributed by atoms with E-state index in [1.807, 2.05) is 0 Å². The first-order valence-corrected chi connectivity index (χ1v) is 5.44. The largest absolute Gasteiger partial charge is 0.432 e. The number of rotatable bonds is 2. The molecular weight excluding hydrogens is 303 g/mol. The summed E-state index contributed by atoms with van der Waals surface area (Å²) in [5.41, 5.74) is 0.316. The third kappa shape index (κ3) is 2.10. The van der Waals surface area contributed by atoms with Crippen LogP contribution in [0.3, 0.4) is 0 Å². The van der Waals surface area contributed by atoms with Crippen molar-refractivity contribution in [2.75, 3.05) is 0 Å². The minimum atomic E-state index is -2.88. The highest BCUT2D eigenvalue weighted by atomic mass is 79.9. The molecule has 16 heavy (non-hydrogen) atoms. The second-order valence-electron chi connectivity index (χ2n) is 2.95. The van der Waals surface area contributed by atoms with E-state index in [1.165, 1.54) is 12.3 Å². The number of hydrogen-bond acceptors (Lipinski definition) is 2. The molecule has 6 heteroatoms. The molecule has 0 atom stereocenters. The Morgan fingerprint density at radius 2 is 2.12 bits per heavy atom. The van der Waals surface area contributed by atoms with Crippen LogP contribution >= 0.6 is 27.5 Å². The van der Waals surface area contributed by atoms with Gasteiger partial charge in [-0.2, -0.15) is 8.78 Å². The highest BCUT2D eigenvalue weighted by molar-refractivity contribution is 9.10. The van der Waals surface area contributed by atoms with Crippen molar-refractivity contribution >= 4 is 38.4 Å². The predicted molar refractivity (Wildman–Crippen MR) is 61.1 cm³/mol. The molecule has 2 nitrogen and oxygen atoms in total. The first kappa shape index (κ1) is 11.5. The number of pyridine rings is 1. The molecule has 0 unspecified atom stereocenters. The zero-order valence-corrected chi connectivity index (χ0v) is 10.1. The Balaban J connectivity index is 2.65. The molecule has 0 saturated carbocycles. The molecule has 0 aliphatic carbocycles. The van der Waals surface area contributed by atoms with Gasteiger partial charge in [0.25, 0.3) is 0 Å². The first-order chi connectivity index (χ1) is 7.59. The summed E-state index contributed by atoms with van der Waals surface area (Å²) >= 11 is 9.21. The van der Waals surface area contributed by atoms with E-state index >= 15 is 0 Å². The molecule has 1 aromatic carbocycles. The molecule has 0 amide bonds. The van der Waals surface area contributed by atoms with Crippen LogP contribution in [0.4, 0.5) is 8.78 Å². The Labute approximate surface area is 103 Å². The molecule has 0 aliphatic heterocycles. The number of halogens is 4. The van der Waals surface area contributed by atoms with Gasteiger partial charge in [0.2, 0.25) is 0 Å². The van der Waals surface area contributed by atoms with Gasteiger partial charge in [-0.3, -0.25) is 4.98 Å². The fourth-order valence-electron chi connectivity index (χ4n) is 1.33. The third-order valence-electron chi connectivity index (χ3n) is 1.97. The van der Waals surface area contributed by atoms with Gasteiger partial charge in [-0.25, -0.2) is 0 Å². The topological polar surface area (TPSA) is 22.1 Å². The van der Waals surface area contributed by atoms with Crippen molar-refractivity contribution in [1.82, 2.24) is 4.98 Å². The number of aromatic nitrogens is 1. The average Bonchev–Trinajstić information content (AvgIpc) is 2.23. The number of benzene rings is 1. The van der Waals surface area contributed by atoms with Crippen LogP contribution in [-0.2, 0) is 0 Å². The molecule has 0 aliphatic rings. The number of para-hydroxylation sites is 1. The fraction of sp³-hybridized carbons (Fsp3) is 0.100. The van der Waals surface area contributed by atoms with E-state index < -0.39 is 6.61 Å². The summed E-state index contributed by atoms with van der Waals surface area (Å²) in [4.78, 5) is 4.00. The molecule has 0 N–H and O–H groups in total. The van der Waals surface area contributed by atoms with Crippen LogP contribution in [0.15, 0.2) is 28.9 Å². The van der Waals surface area contributed by atoms with Crippen LogP contribution in [0.1, 0.15) is 0 Å². The highest BCUT2D eigenvalue weighted by Crippen LogP contribution is 2.33. The summed E-state index contributed by atoms with van der Waals surface area (Å²) in [5, 5.41) is 0.985. The van der Waals surface area contributed by atoms with Gasteiger partial charge in [-0.05, 0) is 22.0 Å². The van der Waals surface area contributed by atoms with Crippen molar-refractivity contribution in [1.29, 1.82) is 0 Å². The summed E-state index contributed by atoms with van der Waals surface area (Å²) in [6, 6.07) is 4.69. The van der Waals surface area contributed by atoms with Crippen molar-refractivity contribution in [3.8, 4) is 5.75 Å². The maximum Gasteiger partial charge on any atom is 0.387 e. The van der Waals surface area contributed by atoms with E-state index in [4.69, 9.17) is 11.6 Å². The molecule has 0 radical (unpaired) electrons. The van der Waals surface area contributed by atoms with E-state index in [0.29, 0.717) is 20.4 Å². The molecule has 84 valence electrons. The van der Waals surface area contributed by atoms with Crippen molar-refractivity contribution in [3.63, 3.8) is 0 Å². The maximum absolute atomic E-state index is 12.1. The summed E-state index contributed by atoms with van der Waals surface area (Å²) in [7, 11) is 0. The van der Waals surface area contributed by atoms with Gasteiger partial charge in [0.1, 0.15) is 5.52 Å². The quantitative estimate of drug-likeness (QED) is 0.827. The van der Waals surface area contributed by atoms with Crippen LogP contribution < -0.4 is 4.74 Å². The fourth-order valence-corrected chi connectivity index (χ4v) is 1.85. The lowest BCUT2D eigenvalue weighted by Crippen LogP contribution is -2.02. The molecule has 0 saturated heterocycles. The zero-order valence-electron chi connectivity index (χ0n) is 7.75. The second-order valence-corrected chi connectivity index (χ2v) is 4.18. The number of nitrogens with zero attached hydrogens (tertiary/aromatic N) is 1. The standard InChI is InChI=1S/C10H5BrClF2NO/c11-6-4-15-9-5(8(6)12)2-1-3-7(9)16-10(13)14/h1-4,10H.